The zero-order valence-electron chi connectivity index (χ0n) is 14.8. The highest BCUT2D eigenvalue weighted by atomic mass is 35.5. The van der Waals surface area contributed by atoms with Gasteiger partial charge in [-0.2, -0.15) is 0 Å². The van der Waals surface area contributed by atoms with Crippen LogP contribution in [-0.2, 0) is 10.5 Å². The van der Waals surface area contributed by atoms with Crippen LogP contribution in [0.25, 0.3) is 0 Å². The molecule has 7 heteroatoms. The van der Waals surface area contributed by atoms with Crippen LogP contribution in [0.5, 0.6) is 0 Å². The number of nitrogens with zero attached hydrogens (tertiary/aromatic N) is 1. The van der Waals surface area contributed by atoms with E-state index in [1.165, 1.54) is 11.8 Å². The molecule has 1 heterocycles. The van der Waals surface area contributed by atoms with Crippen molar-refractivity contribution in [2.75, 3.05) is 17.6 Å². The van der Waals surface area contributed by atoms with Crippen LogP contribution in [0.1, 0.15) is 29.8 Å². The molecular weight excluding hydrogens is 370 g/mol. The molecule has 0 aliphatic heterocycles. The summed E-state index contributed by atoms with van der Waals surface area (Å²) in [5, 5.41) is 5.93. The molecule has 0 saturated carbocycles. The summed E-state index contributed by atoms with van der Waals surface area (Å²) in [5.41, 5.74) is 2.05. The fraction of sp³-hybridized carbons (Fsp3) is 0.316. The molecule has 5 nitrogen and oxygen atoms in total. The number of carbonyl (C=O) groups excluding carboxylic acids is 2. The quantitative estimate of drug-likeness (QED) is 0.713. The van der Waals surface area contributed by atoms with Gasteiger partial charge < -0.3 is 10.6 Å². The molecule has 0 saturated heterocycles. The smallest absolute Gasteiger partial charge is 0.252 e. The van der Waals surface area contributed by atoms with Gasteiger partial charge in [-0.25, -0.2) is 0 Å². The molecule has 0 aliphatic rings. The molecule has 0 aliphatic carbocycles. The standard InChI is InChI=1S/C19H22ClN3O2S/c1-13(2)9-22-19(25)16-6-5-15(8-17(16)20)23-18(24)12-26-11-14-4-3-7-21-10-14/h3-8,10,13H,9,11-12H2,1-2H3,(H,22,25)(H,23,24). The minimum Gasteiger partial charge on any atom is -0.352 e. The number of amides is 2. The van der Waals surface area contributed by atoms with Crippen LogP contribution in [0.3, 0.4) is 0 Å². The number of thioether (sulfide) groups is 1. The number of hydrogen-bond donors (Lipinski definition) is 2. The second kappa shape index (κ2) is 10.2. The Labute approximate surface area is 162 Å². The molecule has 0 atom stereocenters. The van der Waals surface area contributed by atoms with E-state index < -0.39 is 0 Å². The van der Waals surface area contributed by atoms with Crippen molar-refractivity contribution in [3.63, 3.8) is 0 Å². The summed E-state index contributed by atoms with van der Waals surface area (Å²) in [6, 6.07) is 8.74. The molecule has 0 bridgehead atoms. The molecule has 2 N–H and O–H groups in total. The Balaban J connectivity index is 1.84. The van der Waals surface area contributed by atoms with Crippen molar-refractivity contribution in [3.8, 4) is 0 Å². The molecule has 1 aromatic heterocycles. The number of rotatable bonds is 8. The summed E-state index contributed by atoms with van der Waals surface area (Å²) in [5.74, 6) is 1.07. The van der Waals surface area contributed by atoms with Gasteiger partial charge in [0.25, 0.3) is 5.91 Å². The van der Waals surface area contributed by atoms with Gasteiger partial charge >= 0.3 is 0 Å². The van der Waals surface area contributed by atoms with Crippen LogP contribution < -0.4 is 10.6 Å². The van der Waals surface area contributed by atoms with Crippen molar-refractivity contribution in [1.82, 2.24) is 10.3 Å². The average molecular weight is 392 g/mol. The predicted octanol–water partition coefficient (Wildman–Crippen LogP) is 3.99. The van der Waals surface area contributed by atoms with E-state index in [0.29, 0.717) is 34.5 Å². The number of pyridine rings is 1. The monoisotopic (exact) mass is 391 g/mol. The van der Waals surface area contributed by atoms with Gasteiger partial charge in [0.15, 0.2) is 0 Å². The normalized spacial score (nSPS) is 10.6. The van der Waals surface area contributed by atoms with E-state index in [9.17, 15) is 9.59 Å². The summed E-state index contributed by atoms with van der Waals surface area (Å²) in [7, 11) is 0. The fourth-order valence-corrected chi connectivity index (χ4v) is 3.14. The van der Waals surface area contributed by atoms with Gasteiger partial charge in [0.2, 0.25) is 5.91 Å². The Kier molecular flexibility index (Phi) is 7.94. The van der Waals surface area contributed by atoms with Crippen LogP contribution in [0.2, 0.25) is 5.02 Å². The van der Waals surface area contributed by atoms with Crippen molar-refractivity contribution < 1.29 is 9.59 Å². The second-order valence-electron chi connectivity index (χ2n) is 6.20. The van der Waals surface area contributed by atoms with Gasteiger partial charge in [-0.05, 0) is 35.7 Å². The number of hydrogen-bond acceptors (Lipinski definition) is 4. The van der Waals surface area contributed by atoms with E-state index in [1.807, 2.05) is 26.0 Å². The zero-order valence-corrected chi connectivity index (χ0v) is 16.4. The lowest BCUT2D eigenvalue weighted by Crippen LogP contribution is -2.27. The number of aromatic nitrogens is 1. The maximum Gasteiger partial charge on any atom is 0.252 e. The highest BCUT2D eigenvalue weighted by molar-refractivity contribution is 7.99. The number of anilines is 1. The van der Waals surface area contributed by atoms with Crippen LogP contribution in [0.15, 0.2) is 42.7 Å². The topological polar surface area (TPSA) is 71.1 Å². The summed E-state index contributed by atoms with van der Waals surface area (Å²) in [4.78, 5) is 28.2. The lowest BCUT2D eigenvalue weighted by atomic mass is 10.1. The molecule has 0 radical (unpaired) electrons. The van der Waals surface area contributed by atoms with Gasteiger partial charge in [-0.15, -0.1) is 11.8 Å². The molecule has 26 heavy (non-hydrogen) atoms. The van der Waals surface area contributed by atoms with E-state index in [0.717, 1.165) is 11.3 Å². The first-order chi connectivity index (χ1) is 12.5. The predicted molar refractivity (Wildman–Crippen MR) is 108 cm³/mol. The second-order valence-corrected chi connectivity index (χ2v) is 7.59. The molecule has 2 aromatic rings. The third kappa shape index (κ3) is 6.69. The lowest BCUT2D eigenvalue weighted by Gasteiger charge is -2.10. The number of benzene rings is 1. The number of carbonyl (C=O) groups is 2. The first-order valence-corrected chi connectivity index (χ1v) is 9.83. The molecule has 138 valence electrons. The molecule has 0 spiro atoms. The molecule has 2 rings (SSSR count). The average Bonchev–Trinajstić information content (AvgIpc) is 2.60. The Morgan fingerprint density at radius 1 is 1.27 bits per heavy atom. The molecule has 0 fully saturated rings. The van der Waals surface area contributed by atoms with Gasteiger partial charge in [-0.3, -0.25) is 14.6 Å². The molecule has 1 aromatic carbocycles. The maximum atomic E-state index is 12.1. The summed E-state index contributed by atoms with van der Waals surface area (Å²) in [6.45, 7) is 4.63. The molecule has 0 unspecified atom stereocenters. The summed E-state index contributed by atoms with van der Waals surface area (Å²) in [6.07, 6.45) is 3.51. The Morgan fingerprint density at radius 3 is 2.73 bits per heavy atom. The molecular formula is C19H22ClN3O2S. The van der Waals surface area contributed by atoms with E-state index in [4.69, 9.17) is 11.6 Å². The van der Waals surface area contributed by atoms with Gasteiger partial charge in [0.05, 0.1) is 16.3 Å². The van der Waals surface area contributed by atoms with Crippen LogP contribution in [-0.4, -0.2) is 29.1 Å². The lowest BCUT2D eigenvalue weighted by molar-refractivity contribution is -0.113. The van der Waals surface area contributed by atoms with Crippen LogP contribution >= 0.6 is 23.4 Å². The summed E-state index contributed by atoms with van der Waals surface area (Å²) < 4.78 is 0. The van der Waals surface area contributed by atoms with Crippen molar-refractivity contribution in [2.24, 2.45) is 5.92 Å². The minimum atomic E-state index is -0.214. The largest absolute Gasteiger partial charge is 0.352 e. The summed E-state index contributed by atoms with van der Waals surface area (Å²) >= 11 is 7.69. The fourth-order valence-electron chi connectivity index (χ4n) is 2.11. The van der Waals surface area contributed by atoms with Gasteiger partial charge in [0.1, 0.15) is 0 Å². The molecule has 2 amide bonds. The van der Waals surface area contributed by atoms with Crippen molar-refractivity contribution in [3.05, 3.63) is 58.9 Å². The van der Waals surface area contributed by atoms with Gasteiger partial charge in [-0.1, -0.05) is 31.5 Å². The highest BCUT2D eigenvalue weighted by Gasteiger charge is 2.12. The SMILES string of the molecule is CC(C)CNC(=O)c1ccc(NC(=O)CSCc2cccnc2)cc1Cl. The first kappa shape index (κ1) is 20.3. The third-order valence-electron chi connectivity index (χ3n) is 3.39. The van der Waals surface area contributed by atoms with Crippen molar-refractivity contribution >= 4 is 40.9 Å². The Hall–Kier alpha value is -2.05. The minimum absolute atomic E-state index is 0.119. The maximum absolute atomic E-state index is 12.1. The van der Waals surface area contributed by atoms with E-state index in [2.05, 4.69) is 15.6 Å². The Bertz CT molecular complexity index is 754. The number of halogens is 1. The van der Waals surface area contributed by atoms with Gasteiger partial charge in [0, 0.05) is 30.4 Å². The van der Waals surface area contributed by atoms with Crippen LogP contribution in [0, 0.1) is 5.92 Å². The highest BCUT2D eigenvalue weighted by Crippen LogP contribution is 2.21. The van der Waals surface area contributed by atoms with Crippen molar-refractivity contribution in [1.29, 1.82) is 0 Å². The van der Waals surface area contributed by atoms with Crippen molar-refractivity contribution in [2.45, 2.75) is 19.6 Å². The van der Waals surface area contributed by atoms with Crippen LogP contribution in [0.4, 0.5) is 5.69 Å². The zero-order chi connectivity index (χ0) is 18.9. The van der Waals surface area contributed by atoms with E-state index in [1.54, 1.807) is 30.6 Å². The third-order valence-corrected chi connectivity index (χ3v) is 4.71. The van der Waals surface area contributed by atoms with E-state index in [-0.39, 0.29) is 11.8 Å². The number of nitrogens with one attached hydrogen (secondary N) is 2. The van der Waals surface area contributed by atoms with E-state index >= 15 is 0 Å². The Morgan fingerprint density at radius 2 is 2.08 bits per heavy atom. The first-order valence-electron chi connectivity index (χ1n) is 8.30.